The Morgan fingerprint density at radius 1 is 1.16 bits per heavy atom. The summed E-state index contributed by atoms with van der Waals surface area (Å²) in [6.07, 6.45) is 0. The van der Waals surface area contributed by atoms with Gasteiger partial charge in [-0.25, -0.2) is 0 Å². The molecule has 0 aliphatic rings. The van der Waals surface area contributed by atoms with E-state index in [-0.39, 0.29) is 23.4 Å². The van der Waals surface area contributed by atoms with Gasteiger partial charge in [-0.05, 0) is 51.2 Å². The van der Waals surface area contributed by atoms with E-state index < -0.39 is 0 Å². The summed E-state index contributed by atoms with van der Waals surface area (Å²) in [7, 11) is 0. The number of hydrogen-bond donors (Lipinski definition) is 2. The summed E-state index contributed by atoms with van der Waals surface area (Å²) in [5.41, 5.74) is 2.88. The van der Waals surface area contributed by atoms with E-state index in [9.17, 15) is 9.59 Å². The normalized spacial score (nSPS) is 10.7. The minimum absolute atomic E-state index is 0.0176. The topological polar surface area (TPSA) is 83.0 Å². The number of halogens is 1. The van der Waals surface area contributed by atoms with Gasteiger partial charge in [-0.2, -0.15) is 5.10 Å². The second-order valence-corrected chi connectivity index (χ2v) is 7.82. The number of carbonyl (C=O) groups excluding carboxylic acids is 2. The van der Waals surface area contributed by atoms with Gasteiger partial charge in [0.15, 0.2) is 10.6 Å². The number of nitrogens with zero attached hydrogens (tertiary/aromatic N) is 3. The molecule has 2 aromatic carbocycles. The predicted octanol–water partition coefficient (Wildman–Crippen LogP) is 4.69. The van der Waals surface area contributed by atoms with Gasteiger partial charge in [0.05, 0.1) is 10.6 Å². The number of nitrogens with one attached hydrogen (secondary N) is 2. The number of H-pyrrole nitrogens is 1. The molecule has 2 amide bonds. The van der Waals surface area contributed by atoms with E-state index in [2.05, 4.69) is 15.5 Å². The largest absolute Gasteiger partial charge is 0.339 e. The average molecular weight is 458 g/mol. The summed E-state index contributed by atoms with van der Waals surface area (Å²) in [6.45, 7) is 7.00. The molecule has 1 heterocycles. The maximum Gasteiger partial charge on any atom is 0.255 e. The van der Waals surface area contributed by atoms with Crippen LogP contribution in [0.25, 0.3) is 11.4 Å². The number of aromatic nitrogens is 3. The van der Waals surface area contributed by atoms with Crippen molar-refractivity contribution in [3.8, 4) is 11.4 Å². The van der Waals surface area contributed by atoms with Gasteiger partial charge < -0.3 is 10.2 Å². The SMILES string of the molecule is CCN(CC)C(=O)c1ccc(NC(=O)Cn2c(-c3ccc(C)cc3)n[nH]c2=S)cc1Cl. The van der Waals surface area contributed by atoms with Crippen molar-refractivity contribution in [1.82, 2.24) is 19.7 Å². The Labute approximate surface area is 191 Å². The molecule has 31 heavy (non-hydrogen) atoms. The second kappa shape index (κ2) is 9.89. The molecular formula is C22H24ClN5O2S. The molecule has 2 N–H and O–H groups in total. The van der Waals surface area contributed by atoms with Gasteiger partial charge in [-0.3, -0.25) is 19.3 Å². The molecule has 0 spiro atoms. The highest BCUT2D eigenvalue weighted by molar-refractivity contribution is 7.71. The van der Waals surface area contributed by atoms with Crippen LogP contribution in [0.15, 0.2) is 42.5 Å². The first-order chi connectivity index (χ1) is 14.8. The van der Waals surface area contributed by atoms with Gasteiger partial charge in [-0.15, -0.1) is 0 Å². The van der Waals surface area contributed by atoms with Crippen LogP contribution in [0.2, 0.25) is 5.02 Å². The summed E-state index contributed by atoms with van der Waals surface area (Å²) in [4.78, 5) is 26.9. The molecule has 162 valence electrons. The van der Waals surface area contributed by atoms with E-state index in [0.29, 0.717) is 34.9 Å². The van der Waals surface area contributed by atoms with Gasteiger partial charge in [0.2, 0.25) is 5.91 Å². The van der Waals surface area contributed by atoms with Crippen molar-refractivity contribution in [3.05, 3.63) is 63.4 Å². The Hall–Kier alpha value is -2.97. The van der Waals surface area contributed by atoms with Crippen molar-refractivity contribution < 1.29 is 9.59 Å². The molecule has 9 heteroatoms. The number of aromatic amines is 1. The molecule has 1 aromatic heterocycles. The van der Waals surface area contributed by atoms with Crippen LogP contribution in [0.1, 0.15) is 29.8 Å². The molecule has 0 saturated carbocycles. The van der Waals surface area contributed by atoms with Crippen LogP contribution >= 0.6 is 23.8 Å². The maximum absolute atomic E-state index is 12.7. The Kier molecular flexibility index (Phi) is 7.25. The highest BCUT2D eigenvalue weighted by Crippen LogP contribution is 2.23. The third-order valence-electron chi connectivity index (χ3n) is 4.90. The van der Waals surface area contributed by atoms with Crippen LogP contribution < -0.4 is 5.32 Å². The molecule has 0 saturated heterocycles. The molecule has 0 radical (unpaired) electrons. The number of aryl methyl sites for hydroxylation is 1. The molecule has 7 nitrogen and oxygen atoms in total. The lowest BCUT2D eigenvalue weighted by Gasteiger charge is -2.19. The van der Waals surface area contributed by atoms with Crippen molar-refractivity contribution in [2.45, 2.75) is 27.3 Å². The number of hydrogen-bond acceptors (Lipinski definition) is 4. The van der Waals surface area contributed by atoms with E-state index in [1.165, 1.54) is 0 Å². The van der Waals surface area contributed by atoms with Crippen LogP contribution in [0, 0.1) is 11.7 Å². The summed E-state index contributed by atoms with van der Waals surface area (Å²) in [5.74, 6) is 0.156. The zero-order valence-electron chi connectivity index (χ0n) is 17.6. The molecule has 0 unspecified atom stereocenters. The Morgan fingerprint density at radius 2 is 1.84 bits per heavy atom. The third kappa shape index (κ3) is 5.21. The Morgan fingerprint density at radius 3 is 2.45 bits per heavy atom. The highest BCUT2D eigenvalue weighted by atomic mass is 35.5. The fraction of sp³-hybridized carbons (Fsp3) is 0.273. The number of anilines is 1. The van der Waals surface area contributed by atoms with Crippen LogP contribution in [-0.4, -0.2) is 44.6 Å². The Balaban J connectivity index is 1.76. The summed E-state index contributed by atoms with van der Waals surface area (Å²) in [5, 5.41) is 10.1. The number of rotatable bonds is 7. The van der Waals surface area contributed by atoms with Gasteiger partial charge >= 0.3 is 0 Å². The molecule has 3 aromatic rings. The molecule has 0 fully saturated rings. The number of benzene rings is 2. The van der Waals surface area contributed by atoms with Crippen LogP contribution in [-0.2, 0) is 11.3 Å². The van der Waals surface area contributed by atoms with Crippen molar-refractivity contribution in [1.29, 1.82) is 0 Å². The predicted molar refractivity (Wildman–Crippen MR) is 125 cm³/mol. The van der Waals surface area contributed by atoms with Crippen LogP contribution in [0.5, 0.6) is 0 Å². The highest BCUT2D eigenvalue weighted by Gasteiger charge is 2.17. The molecule has 0 aliphatic heterocycles. The minimum Gasteiger partial charge on any atom is -0.339 e. The zero-order chi connectivity index (χ0) is 22.5. The standard InChI is InChI=1S/C22H24ClN5O2S/c1-4-27(5-2)21(30)17-11-10-16(12-18(17)23)24-19(29)13-28-20(25-26-22(28)31)15-8-6-14(3)7-9-15/h6-12H,4-5,13H2,1-3H3,(H,24,29)(H,26,31). The van der Waals surface area contributed by atoms with Gasteiger partial charge in [-0.1, -0.05) is 41.4 Å². The van der Waals surface area contributed by atoms with Crippen molar-refractivity contribution in [3.63, 3.8) is 0 Å². The van der Waals surface area contributed by atoms with E-state index in [1.807, 2.05) is 45.0 Å². The fourth-order valence-electron chi connectivity index (χ4n) is 3.18. The molecule has 0 aliphatic carbocycles. The van der Waals surface area contributed by atoms with E-state index in [4.69, 9.17) is 23.8 Å². The number of carbonyl (C=O) groups is 2. The van der Waals surface area contributed by atoms with Crippen LogP contribution in [0.3, 0.4) is 0 Å². The lowest BCUT2D eigenvalue weighted by molar-refractivity contribution is -0.116. The summed E-state index contributed by atoms with van der Waals surface area (Å²) >= 11 is 11.6. The van der Waals surface area contributed by atoms with E-state index in [0.717, 1.165) is 11.1 Å². The lowest BCUT2D eigenvalue weighted by atomic mass is 10.1. The molecule has 0 atom stereocenters. The second-order valence-electron chi connectivity index (χ2n) is 7.02. The van der Waals surface area contributed by atoms with E-state index >= 15 is 0 Å². The first kappa shape index (κ1) is 22.7. The molecule has 0 bridgehead atoms. The third-order valence-corrected chi connectivity index (χ3v) is 5.53. The molecule has 3 rings (SSSR count). The quantitative estimate of drug-likeness (QED) is 0.504. The average Bonchev–Trinajstić information content (AvgIpc) is 3.09. The zero-order valence-corrected chi connectivity index (χ0v) is 19.2. The smallest absolute Gasteiger partial charge is 0.255 e. The van der Waals surface area contributed by atoms with Crippen molar-refractivity contribution in [2.24, 2.45) is 0 Å². The van der Waals surface area contributed by atoms with Crippen molar-refractivity contribution >= 4 is 41.3 Å². The lowest BCUT2D eigenvalue weighted by Crippen LogP contribution is -2.30. The first-order valence-corrected chi connectivity index (χ1v) is 10.7. The van der Waals surface area contributed by atoms with Crippen LogP contribution in [0.4, 0.5) is 5.69 Å². The fourth-order valence-corrected chi connectivity index (χ4v) is 3.64. The summed E-state index contributed by atoms with van der Waals surface area (Å²) in [6, 6.07) is 12.7. The van der Waals surface area contributed by atoms with Gasteiger partial charge in [0.25, 0.3) is 5.91 Å². The van der Waals surface area contributed by atoms with Gasteiger partial charge in [0, 0.05) is 24.3 Å². The minimum atomic E-state index is -0.287. The first-order valence-electron chi connectivity index (χ1n) is 9.95. The Bertz CT molecular complexity index is 1150. The molecular weight excluding hydrogens is 434 g/mol. The van der Waals surface area contributed by atoms with Gasteiger partial charge in [0.1, 0.15) is 6.54 Å². The van der Waals surface area contributed by atoms with E-state index in [1.54, 1.807) is 27.7 Å². The number of amides is 2. The summed E-state index contributed by atoms with van der Waals surface area (Å²) < 4.78 is 1.98. The monoisotopic (exact) mass is 457 g/mol. The maximum atomic E-state index is 12.7. The van der Waals surface area contributed by atoms with Crippen molar-refractivity contribution in [2.75, 3.05) is 18.4 Å².